The Morgan fingerprint density at radius 3 is 3.04 bits per heavy atom. The number of carbonyl (C=O) groups is 1. The highest BCUT2D eigenvalue weighted by molar-refractivity contribution is 8.00. The van der Waals surface area contributed by atoms with Crippen LogP contribution in [0.25, 0.3) is 0 Å². The van der Waals surface area contributed by atoms with E-state index in [4.69, 9.17) is 21.1 Å². The molecule has 9 heteroatoms. The van der Waals surface area contributed by atoms with Crippen molar-refractivity contribution in [1.29, 1.82) is 0 Å². The smallest absolute Gasteiger partial charge is 0.228 e. The van der Waals surface area contributed by atoms with Gasteiger partial charge in [-0.15, -0.1) is 10.2 Å². The molecular weight excluding hydrogens is 394 g/mol. The Kier molecular flexibility index (Phi) is 5.35. The first-order chi connectivity index (χ1) is 12.7. The summed E-state index contributed by atoms with van der Waals surface area (Å²) < 4.78 is 11.8. The number of nitrogens with zero attached hydrogens (tertiary/aromatic N) is 3. The molecule has 0 N–H and O–H groups in total. The lowest BCUT2D eigenvalue weighted by molar-refractivity contribution is -0.118. The van der Waals surface area contributed by atoms with Crippen LogP contribution in [0.15, 0.2) is 16.5 Å². The Morgan fingerprint density at radius 1 is 1.42 bits per heavy atom. The van der Waals surface area contributed by atoms with Gasteiger partial charge in [-0.25, -0.2) is 0 Å². The van der Waals surface area contributed by atoms with Crippen LogP contribution in [0.5, 0.6) is 5.75 Å². The quantitative estimate of drug-likeness (QED) is 0.522. The van der Waals surface area contributed by atoms with E-state index in [1.807, 2.05) is 24.0 Å². The largest absolute Gasteiger partial charge is 0.467 e. The minimum atomic E-state index is 0.109. The molecule has 1 aliphatic heterocycles. The number of fused-ring (bicyclic) bond motifs is 1. The molecule has 4 rings (SSSR count). The molecule has 1 amide bonds. The fourth-order valence-electron chi connectivity index (χ4n) is 2.83. The molecule has 1 aromatic carbocycles. The number of rotatable bonds is 6. The van der Waals surface area contributed by atoms with E-state index in [1.54, 1.807) is 11.8 Å². The topological polar surface area (TPSA) is 64.6 Å². The molecule has 138 valence electrons. The van der Waals surface area contributed by atoms with E-state index in [0.717, 1.165) is 34.1 Å². The highest BCUT2D eigenvalue weighted by Crippen LogP contribution is 2.39. The highest BCUT2D eigenvalue weighted by atomic mass is 35.5. The van der Waals surface area contributed by atoms with Gasteiger partial charge in [-0.1, -0.05) is 41.6 Å². The summed E-state index contributed by atoms with van der Waals surface area (Å²) in [5, 5.41) is 9.85. The lowest BCUT2D eigenvalue weighted by Crippen LogP contribution is -2.32. The predicted molar refractivity (Wildman–Crippen MR) is 102 cm³/mol. The van der Waals surface area contributed by atoms with E-state index >= 15 is 0 Å². The molecule has 2 heterocycles. The number of halogens is 1. The summed E-state index contributed by atoms with van der Waals surface area (Å²) in [4.78, 5) is 14.0. The van der Waals surface area contributed by atoms with E-state index in [-0.39, 0.29) is 12.7 Å². The van der Waals surface area contributed by atoms with Gasteiger partial charge >= 0.3 is 0 Å². The van der Waals surface area contributed by atoms with Gasteiger partial charge < -0.3 is 9.47 Å². The van der Waals surface area contributed by atoms with Crippen LogP contribution in [0, 0.1) is 0 Å². The Hall–Kier alpha value is -1.35. The summed E-state index contributed by atoms with van der Waals surface area (Å²) in [5.41, 5.74) is 1.98. The number of hydrogen-bond donors (Lipinski definition) is 0. The van der Waals surface area contributed by atoms with Gasteiger partial charge in [0, 0.05) is 34.4 Å². The third-order valence-corrected chi connectivity index (χ3v) is 6.51. The summed E-state index contributed by atoms with van der Waals surface area (Å²) in [7, 11) is 0. The number of amides is 1. The number of aromatic nitrogens is 2. The van der Waals surface area contributed by atoms with E-state index in [0.29, 0.717) is 35.0 Å². The fourth-order valence-corrected chi connectivity index (χ4v) is 4.99. The molecule has 0 saturated heterocycles. The average Bonchev–Trinajstić information content (AvgIpc) is 3.37. The zero-order valence-electron chi connectivity index (χ0n) is 14.2. The maximum atomic E-state index is 12.2. The molecule has 26 heavy (non-hydrogen) atoms. The molecule has 1 fully saturated rings. The Bertz CT molecular complexity index is 826. The summed E-state index contributed by atoms with van der Waals surface area (Å²) in [6.45, 7) is 2.64. The van der Waals surface area contributed by atoms with Crippen molar-refractivity contribution in [3.63, 3.8) is 0 Å². The molecule has 0 atom stereocenters. The first kappa shape index (κ1) is 18.0. The van der Waals surface area contributed by atoms with E-state index in [9.17, 15) is 4.79 Å². The summed E-state index contributed by atoms with van der Waals surface area (Å²) in [6.07, 6.45) is 2.57. The van der Waals surface area contributed by atoms with Crippen molar-refractivity contribution in [3.8, 4) is 5.75 Å². The first-order valence-electron chi connectivity index (χ1n) is 8.46. The monoisotopic (exact) mass is 411 g/mol. The second-order valence-corrected chi connectivity index (χ2v) is 8.77. The second-order valence-electron chi connectivity index (χ2n) is 6.15. The fraction of sp³-hybridized carbons (Fsp3) is 0.471. The van der Waals surface area contributed by atoms with Crippen LogP contribution in [0.4, 0.5) is 5.13 Å². The number of carbonyl (C=O) groups excluding carboxylic acids is 1. The van der Waals surface area contributed by atoms with Crippen molar-refractivity contribution in [2.24, 2.45) is 0 Å². The number of hydrogen-bond acceptors (Lipinski definition) is 7. The third-order valence-electron chi connectivity index (χ3n) is 4.19. The van der Waals surface area contributed by atoms with Crippen molar-refractivity contribution in [3.05, 3.63) is 28.3 Å². The highest BCUT2D eigenvalue weighted by Gasteiger charge is 2.35. The maximum absolute atomic E-state index is 12.2. The van der Waals surface area contributed by atoms with E-state index < -0.39 is 0 Å². The normalized spacial score (nSPS) is 16.1. The van der Waals surface area contributed by atoms with Crippen molar-refractivity contribution < 1.29 is 14.3 Å². The SMILES string of the molecule is CCC(=O)N(c1nnc(SCc2cc(Cl)cc3c2OCOC3)s1)C1CC1. The molecule has 1 aromatic heterocycles. The standard InChI is InChI=1S/C17H18ClN3O3S2/c1-2-14(22)21(13-3-4-13)16-19-20-17(26-16)25-8-11-6-12(18)5-10-7-23-9-24-15(10)11/h5-6,13H,2-4,7-9H2,1H3. The third kappa shape index (κ3) is 3.83. The van der Waals surface area contributed by atoms with Crippen LogP contribution >= 0.6 is 34.7 Å². The van der Waals surface area contributed by atoms with Crippen LogP contribution in [0.3, 0.4) is 0 Å². The minimum absolute atomic E-state index is 0.109. The molecule has 0 unspecified atom stereocenters. The van der Waals surface area contributed by atoms with Crippen molar-refractivity contribution in [2.75, 3.05) is 11.7 Å². The van der Waals surface area contributed by atoms with Gasteiger partial charge in [0.25, 0.3) is 0 Å². The summed E-state index contributed by atoms with van der Waals surface area (Å²) in [5.74, 6) is 1.62. The van der Waals surface area contributed by atoms with Crippen LogP contribution in [0.2, 0.25) is 5.02 Å². The van der Waals surface area contributed by atoms with Crippen LogP contribution < -0.4 is 9.64 Å². The van der Waals surface area contributed by atoms with Crippen LogP contribution in [0.1, 0.15) is 37.3 Å². The molecule has 6 nitrogen and oxygen atoms in total. The molecule has 0 spiro atoms. The van der Waals surface area contributed by atoms with Gasteiger partial charge in [-0.3, -0.25) is 9.69 Å². The lowest BCUT2D eigenvalue weighted by Gasteiger charge is -2.20. The number of thioether (sulfide) groups is 1. The molecule has 1 aliphatic carbocycles. The van der Waals surface area contributed by atoms with Crippen molar-refractivity contribution in [1.82, 2.24) is 10.2 Å². The molecule has 2 aromatic rings. The number of benzene rings is 1. The molecule has 1 saturated carbocycles. The van der Waals surface area contributed by atoms with Crippen LogP contribution in [-0.4, -0.2) is 28.9 Å². The molecule has 2 aliphatic rings. The summed E-state index contributed by atoms with van der Waals surface area (Å²) >= 11 is 9.25. The van der Waals surface area contributed by atoms with Gasteiger partial charge in [-0.2, -0.15) is 0 Å². The average molecular weight is 412 g/mol. The van der Waals surface area contributed by atoms with Gasteiger partial charge in [0.15, 0.2) is 11.1 Å². The lowest BCUT2D eigenvalue weighted by atomic mass is 10.1. The zero-order chi connectivity index (χ0) is 18.1. The van der Waals surface area contributed by atoms with E-state index in [2.05, 4.69) is 10.2 Å². The number of anilines is 1. The van der Waals surface area contributed by atoms with Crippen LogP contribution in [-0.2, 0) is 21.9 Å². The Labute approximate surface area is 164 Å². The van der Waals surface area contributed by atoms with E-state index in [1.165, 1.54) is 11.3 Å². The Morgan fingerprint density at radius 2 is 2.27 bits per heavy atom. The molecular formula is C17H18ClN3O3S2. The van der Waals surface area contributed by atoms with Gasteiger partial charge in [0.1, 0.15) is 5.75 Å². The molecule has 0 bridgehead atoms. The van der Waals surface area contributed by atoms with Gasteiger partial charge in [-0.05, 0) is 25.0 Å². The zero-order valence-corrected chi connectivity index (χ0v) is 16.6. The number of ether oxygens (including phenoxy) is 2. The molecule has 0 radical (unpaired) electrons. The van der Waals surface area contributed by atoms with Crippen molar-refractivity contribution >= 4 is 45.7 Å². The summed E-state index contributed by atoms with van der Waals surface area (Å²) in [6, 6.07) is 4.08. The Balaban J connectivity index is 1.49. The predicted octanol–water partition coefficient (Wildman–Crippen LogP) is 4.26. The van der Waals surface area contributed by atoms with Gasteiger partial charge in [0.2, 0.25) is 11.0 Å². The maximum Gasteiger partial charge on any atom is 0.228 e. The van der Waals surface area contributed by atoms with Crippen molar-refractivity contribution in [2.45, 2.75) is 48.9 Å². The van der Waals surface area contributed by atoms with Gasteiger partial charge in [0.05, 0.1) is 6.61 Å². The second kappa shape index (κ2) is 7.72. The minimum Gasteiger partial charge on any atom is -0.467 e. The first-order valence-corrected chi connectivity index (χ1v) is 10.6.